The lowest BCUT2D eigenvalue weighted by Crippen LogP contribution is -2.46. The van der Waals surface area contributed by atoms with Gasteiger partial charge in [-0.3, -0.25) is 4.90 Å². The van der Waals surface area contributed by atoms with Crippen LogP contribution in [0.1, 0.15) is 44.8 Å². The fraction of sp³-hybridized carbons (Fsp3) is 0.429. The van der Waals surface area contributed by atoms with E-state index in [-0.39, 0.29) is 5.41 Å². The molecule has 1 aliphatic heterocycles. The molecular weight excluding hydrogens is 420 g/mol. The summed E-state index contributed by atoms with van der Waals surface area (Å²) in [6.45, 7) is 13.9. The average Bonchev–Trinajstić information content (AvgIpc) is 3.42. The summed E-state index contributed by atoms with van der Waals surface area (Å²) in [6, 6.07) is 15.3. The van der Waals surface area contributed by atoms with Crippen molar-refractivity contribution in [3.8, 4) is 11.4 Å². The van der Waals surface area contributed by atoms with Gasteiger partial charge in [0.15, 0.2) is 0 Å². The number of fused-ring (bicyclic) bond motifs is 1. The maximum absolute atomic E-state index is 5.03. The highest BCUT2D eigenvalue weighted by Crippen LogP contribution is 2.30. The first kappa shape index (κ1) is 22.7. The van der Waals surface area contributed by atoms with E-state index in [0.29, 0.717) is 0 Å². The molecule has 2 aromatic carbocycles. The molecule has 4 aromatic rings. The number of hydrogen-bond donors (Lipinski definition) is 1. The number of aromatic nitrogens is 4. The summed E-state index contributed by atoms with van der Waals surface area (Å²) >= 11 is 0. The second-order valence-electron chi connectivity index (χ2n) is 10.5. The van der Waals surface area contributed by atoms with E-state index in [4.69, 9.17) is 9.97 Å². The van der Waals surface area contributed by atoms with Gasteiger partial charge in [0.2, 0.25) is 0 Å². The Morgan fingerprint density at radius 1 is 0.941 bits per heavy atom. The van der Waals surface area contributed by atoms with Gasteiger partial charge in [0, 0.05) is 58.0 Å². The SMILES string of the molecule is CCc1nc(CN2CCN(c3cccc4[nH]c(-c5ccc(C(C)(C)C)cc5)nc34)CC2)cn1C. The monoisotopic (exact) mass is 456 g/mol. The first-order valence-electron chi connectivity index (χ1n) is 12.4. The Kier molecular flexibility index (Phi) is 5.94. The van der Waals surface area contributed by atoms with Crippen LogP contribution < -0.4 is 4.90 Å². The van der Waals surface area contributed by atoms with Gasteiger partial charge in [-0.05, 0) is 23.1 Å². The summed E-state index contributed by atoms with van der Waals surface area (Å²) in [5.41, 5.74) is 7.15. The van der Waals surface area contributed by atoms with Crippen molar-refractivity contribution in [3.05, 3.63) is 65.7 Å². The molecule has 2 aromatic heterocycles. The highest BCUT2D eigenvalue weighted by molar-refractivity contribution is 5.91. The minimum absolute atomic E-state index is 0.149. The molecule has 6 nitrogen and oxygen atoms in total. The number of piperazine rings is 1. The Morgan fingerprint density at radius 2 is 1.68 bits per heavy atom. The molecule has 0 unspecified atom stereocenters. The number of nitrogens with zero attached hydrogens (tertiary/aromatic N) is 5. The summed E-state index contributed by atoms with van der Waals surface area (Å²) in [4.78, 5) is 18.3. The molecular formula is C28H36N6. The molecule has 6 heteroatoms. The zero-order valence-electron chi connectivity index (χ0n) is 21.1. The van der Waals surface area contributed by atoms with Gasteiger partial charge in [0.05, 0.1) is 16.9 Å². The van der Waals surface area contributed by atoms with Gasteiger partial charge in [0.25, 0.3) is 0 Å². The molecule has 0 radical (unpaired) electrons. The Hall–Kier alpha value is -3.12. The van der Waals surface area contributed by atoms with Crippen LogP contribution in [0.5, 0.6) is 0 Å². The third-order valence-electron chi connectivity index (χ3n) is 6.95. The lowest BCUT2D eigenvalue weighted by atomic mass is 9.87. The third kappa shape index (κ3) is 4.47. The standard InChI is InChI=1S/C28H36N6/c1-6-25-29-22(18-32(25)5)19-33-14-16-34(17-15-33)24-9-7-8-23-26(24)31-27(30-23)20-10-12-21(13-11-20)28(2,3)4/h7-13,18H,6,14-17,19H2,1-5H3,(H,30,31). The Morgan fingerprint density at radius 3 is 2.32 bits per heavy atom. The molecule has 178 valence electrons. The number of H-pyrrole nitrogens is 1. The first-order chi connectivity index (χ1) is 16.3. The normalized spacial score (nSPS) is 15.4. The van der Waals surface area contributed by atoms with Crippen molar-refractivity contribution in [2.75, 3.05) is 31.1 Å². The first-order valence-corrected chi connectivity index (χ1v) is 12.4. The minimum atomic E-state index is 0.149. The van der Waals surface area contributed by atoms with E-state index in [1.54, 1.807) is 0 Å². The summed E-state index contributed by atoms with van der Waals surface area (Å²) in [5, 5.41) is 0. The molecule has 0 amide bonds. The van der Waals surface area contributed by atoms with Crippen LogP contribution in [0.4, 0.5) is 5.69 Å². The van der Waals surface area contributed by atoms with Crippen LogP contribution in [0.15, 0.2) is 48.7 Å². The lowest BCUT2D eigenvalue weighted by Gasteiger charge is -2.35. The van der Waals surface area contributed by atoms with Crippen LogP contribution in [-0.2, 0) is 25.4 Å². The number of hydrogen-bond acceptors (Lipinski definition) is 4. The number of imidazole rings is 2. The fourth-order valence-electron chi connectivity index (χ4n) is 4.89. The zero-order valence-corrected chi connectivity index (χ0v) is 21.1. The van der Waals surface area contributed by atoms with E-state index in [1.165, 1.54) is 16.9 Å². The summed E-state index contributed by atoms with van der Waals surface area (Å²) in [5.74, 6) is 2.09. The number of anilines is 1. The molecule has 0 saturated carbocycles. The quantitative estimate of drug-likeness (QED) is 0.451. The number of para-hydroxylation sites is 1. The van der Waals surface area contributed by atoms with E-state index in [2.05, 4.69) is 103 Å². The number of aryl methyl sites for hydroxylation is 2. The van der Waals surface area contributed by atoms with E-state index < -0.39 is 0 Å². The molecule has 0 bridgehead atoms. The summed E-state index contributed by atoms with van der Waals surface area (Å²) in [7, 11) is 2.09. The number of rotatable bonds is 5. The van der Waals surface area contributed by atoms with Gasteiger partial charge in [-0.25, -0.2) is 9.97 Å². The smallest absolute Gasteiger partial charge is 0.138 e. The van der Waals surface area contributed by atoms with Crippen LogP contribution in [0, 0.1) is 0 Å². The highest BCUT2D eigenvalue weighted by Gasteiger charge is 2.21. The molecule has 0 aliphatic carbocycles. The Bertz CT molecular complexity index is 1270. The van der Waals surface area contributed by atoms with Crippen LogP contribution >= 0.6 is 0 Å². The summed E-state index contributed by atoms with van der Waals surface area (Å²) in [6.07, 6.45) is 3.14. The Balaban J connectivity index is 1.31. The van der Waals surface area contributed by atoms with Gasteiger partial charge in [-0.1, -0.05) is 58.0 Å². The van der Waals surface area contributed by atoms with Crippen LogP contribution in [0.25, 0.3) is 22.4 Å². The Labute approximate surface area is 202 Å². The van der Waals surface area contributed by atoms with E-state index in [9.17, 15) is 0 Å². The largest absolute Gasteiger partial charge is 0.367 e. The molecule has 0 atom stereocenters. The van der Waals surface area contributed by atoms with Crippen molar-refractivity contribution < 1.29 is 0 Å². The van der Waals surface area contributed by atoms with Gasteiger partial charge in [-0.15, -0.1) is 0 Å². The van der Waals surface area contributed by atoms with Crippen LogP contribution in [-0.4, -0.2) is 50.6 Å². The zero-order chi connectivity index (χ0) is 23.9. The number of benzene rings is 2. The molecule has 1 aliphatic rings. The highest BCUT2D eigenvalue weighted by atomic mass is 15.3. The average molecular weight is 457 g/mol. The minimum Gasteiger partial charge on any atom is -0.367 e. The molecule has 1 fully saturated rings. The third-order valence-corrected chi connectivity index (χ3v) is 6.95. The number of nitrogens with one attached hydrogen (secondary N) is 1. The van der Waals surface area contributed by atoms with Gasteiger partial charge < -0.3 is 14.5 Å². The summed E-state index contributed by atoms with van der Waals surface area (Å²) < 4.78 is 2.15. The van der Waals surface area contributed by atoms with Gasteiger partial charge in [0.1, 0.15) is 17.2 Å². The molecule has 34 heavy (non-hydrogen) atoms. The lowest BCUT2D eigenvalue weighted by molar-refractivity contribution is 0.247. The maximum atomic E-state index is 5.03. The van der Waals surface area contributed by atoms with Gasteiger partial charge in [-0.2, -0.15) is 0 Å². The molecule has 1 saturated heterocycles. The predicted molar refractivity (Wildman–Crippen MR) is 140 cm³/mol. The van der Waals surface area contributed by atoms with Crippen molar-refractivity contribution >= 4 is 16.7 Å². The molecule has 3 heterocycles. The number of aromatic amines is 1. The van der Waals surface area contributed by atoms with Crippen LogP contribution in [0.2, 0.25) is 0 Å². The molecule has 5 rings (SSSR count). The van der Waals surface area contributed by atoms with Crippen LogP contribution in [0.3, 0.4) is 0 Å². The second kappa shape index (κ2) is 8.91. The van der Waals surface area contributed by atoms with Gasteiger partial charge >= 0.3 is 0 Å². The second-order valence-corrected chi connectivity index (χ2v) is 10.5. The van der Waals surface area contributed by atoms with Crippen molar-refractivity contribution in [1.82, 2.24) is 24.4 Å². The van der Waals surface area contributed by atoms with E-state index >= 15 is 0 Å². The topological polar surface area (TPSA) is 53.0 Å². The molecule has 1 N–H and O–H groups in total. The maximum Gasteiger partial charge on any atom is 0.138 e. The van der Waals surface area contributed by atoms with E-state index in [0.717, 1.165) is 67.4 Å². The predicted octanol–water partition coefficient (Wildman–Crippen LogP) is 5.15. The molecule has 0 spiro atoms. The fourth-order valence-corrected chi connectivity index (χ4v) is 4.89. The van der Waals surface area contributed by atoms with Crippen molar-refractivity contribution in [2.24, 2.45) is 7.05 Å². The van der Waals surface area contributed by atoms with Crippen molar-refractivity contribution in [3.63, 3.8) is 0 Å². The van der Waals surface area contributed by atoms with E-state index in [1.807, 2.05) is 0 Å². The van der Waals surface area contributed by atoms with Crippen molar-refractivity contribution in [2.45, 2.75) is 46.1 Å². The van der Waals surface area contributed by atoms with Crippen molar-refractivity contribution in [1.29, 1.82) is 0 Å².